The summed E-state index contributed by atoms with van der Waals surface area (Å²) in [7, 11) is 3.38. The van der Waals surface area contributed by atoms with Crippen LogP contribution in [0.1, 0.15) is 10.4 Å². The molecule has 3 nitrogen and oxygen atoms in total. The van der Waals surface area contributed by atoms with Gasteiger partial charge in [-0.05, 0) is 48.5 Å². The van der Waals surface area contributed by atoms with E-state index in [0.717, 1.165) is 5.69 Å². The number of nitrogens with zero attached hydrogens (tertiary/aromatic N) is 1. The minimum atomic E-state index is -0.288. The molecule has 0 aliphatic carbocycles. The molecule has 0 bridgehead atoms. The van der Waals surface area contributed by atoms with E-state index in [0.29, 0.717) is 11.3 Å². The first kappa shape index (κ1) is 14.1. The molecule has 0 N–H and O–H groups in total. The summed E-state index contributed by atoms with van der Waals surface area (Å²) in [6.07, 6.45) is 0. The third kappa shape index (κ3) is 3.35. The number of carbonyl (C=O) groups is 1. The van der Waals surface area contributed by atoms with Crippen LogP contribution in [-0.4, -0.2) is 26.5 Å². The molecule has 104 valence electrons. The summed E-state index contributed by atoms with van der Waals surface area (Å²) in [5, 5.41) is 0. The lowest BCUT2D eigenvalue weighted by Gasteiger charge is -2.18. The number of hydrogen-bond donors (Lipinski definition) is 0. The number of likely N-dealkylation sites (N-methyl/N-ethyl adjacent to an activating group) is 1. The average Bonchev–Trinajstić information content (AvgIpc) is 2.48. The summed E-state index contributed by atoms with van der Waals surface area (Å²) in [4.78, 5) is 13.9. The molecule has 0 aliphatic heterocycles. The molecule has 0 saturated carbocycles. The number of ketones is 1. The summed E-state index contributed by atoms with van der Waals surface area (Å²) in [6, 6.07) is 13.0. The molecular formula is C16H16FNO2. The first-order valence-corrected chi connectivity index (χ1v) is 6.24. The standard InChI is InChI=1S/C16H16FNO2/c1-18(14-7-5-13(17)6-8-14)11-16(19)12-3-9-15(20-2)10-4-12/h3-10H,11H2,1-2H3. The molecule has 4 heteroatoms. The number of Topliss-reactive ketones (excluding diaryl/α,β-unsaturated/α-hetero) is 1. The number of benzene rings is 2. The Hall–Kier alpha value is -2.36. The van der Waals surface area contributed by atoms with Gasteiger partial charge in [-0.25, -0.2) is 4.39 Å². The van der Waals surface area contributed by atoms with E-state index in [1.54, 1.807) is 55.5 Å². The van der Waals surface area contributed by atoms with E-state index in [1.165, 1.54) is 12.1 Å². The van der Waals surface area contributed by atoms with Crippen molar-refractivity contribution in [1.29, 1.82) is 0 Å². The van der Waals surface area contributed by atoms with Crippen LogP contribution in [0.25, 0.3) is 0 Å². The minimum Gasteiger partial charge on any atom is -0.497 e. The highest BCUT2D eigenvalue weighted by molar-refractivity contribution is 5.99. The Morgan fingerprint density at radius 1 is 1.10 bits per heavy atom. The van der Waals surface area contributed by atoms with Crippen molar-refractivity contribution in [1.82, 2.24) is 0 Å². The van der Waals surface area contributed by atoms with Gasteiger partial charge in [0, 0.05) is 18.3 Å². The van der Waals surface area contributed by atoms with Gasteiger partial charge in [-0.1, -0.05) is 0 Å². The Morgan fingerprint density at radius 3 is 2.25 bits per heavy atom. The van der Waals surface area contributed by atoms with Gasteiger partial charge in [0.2, 0.25) is 0 Å². The van der Waals surface area contributed by atoms with Crippen molar-refractivity contribution in [2.24, 2.45) is 0 Å². The van der Waals surface area contributed by atoms with Crippen LogP contribution in [0.5, 0.6) is 5.75 Å². The molecule has 0 atom stereocenters. The monoisotopic (exact) mass is 273 g/mol. The van der Waals surface area contributed by atoms with Crippen LogP contribution in [0.3, 0.4) is 0 Å². The maximum Gasteiger partial charge on any atom is 0.182 e. The summed E-state index contributed by atoms with van der Waals surface area (Å²) in [5.41, 5.74) is 1.42. The number of halogens is 1. The van der Waals surface area contributed by atoms with E-state index in [1.807, 2.05) is 0 Å². The fraction of sp³-hybridized carbons (Fsp3) is 0.188. The molecule has 0 heterocycles. The van der Waals surface area contributed by atoms with Crippen molar-refractivity contribution in [3.63, 3.8) is 0 Å². The molecular weight excluding hydrogens is 257 g/mol. The number of rotatable bonds is 5. The van der Waals surface area contributed by atoms with E-state index in [9.17, 15) is 9.18 Å². The lowest BCUT2D eigenvalue weighted by atomic mass is 10.1. The molecule has 20 heavy (non-hydrogen) atoms. The topological polar surface area (TPSA) is 29.5 Å². The third-order valence-electron chi connectivity index (χ3n) is 3.06. The molecule has 2 aromatic carbocycles. The maximum absolute atomic E-state index is 12.9. The van der Waals surface area contributed by atoms with Gasteiger partial charge in [-0.3, -0.25) is 4.79 Å². The summed E-state index contributed by atoms with van der Waals surface area (Å²) >= 11 is 0. The highest BCUT2D eigenvalue weighted by Gasteiger charge is 2.10. The summed E-state index contributed by atoms with van der Waals surface area (Å²) < 4.78 is 17.9. The first-order chi connectivity index (χ1) is 9.60. The van der Waals surface area contributed by atoms with E-state index in [-0.39, 0.29) is 18.1 Å². The number of anilines is 1. The Labute approximate surface area is 117 Å². The van der Waals surface area contributed by atoms with Crippen molar-refractivity contribution in [2.75, 3.05) is 25.6 Å². The average molecular weight is 273 g/mol. The van der Waals surface area contributed by atoms with Gasteiger partial charge in [0.15, 0.2) is 5.78 Å². The van der Waals surface area contributed by atoms with Crippen molar-refractivity contribution < 1.29 is 13.9 Å². The largest absolute Gasteiger partial charge is 0.497 e. The smallest absolute Gasteiger partial charge is 0.182 e. The predicted octanol–water partition coefficient (Wildman–Crippen LogP) is 3.15. The number of carbonyl (C=O) groups excluding carboxylic acids is 1. The van der Waals surface area contributed by atoms with Crippen molar-refractivity contribution in [3.8, 4) is 5.75 Å². The molecule has 0 spiro atoms. The fourth-order valence-corrected chi connectivity index (χ4v) is 1.87. The second kappa shape index (κ2) is 6.19. The zero-order valence-corrected chi connectivity index (χ0v) is 11.5. The maximum atomic E-state index is 12.9. The number of ether oxygens (including phenoxy) is 1. The summed E-state index contributed by atoms with van der Waals surface area (Å²) in [6.45, 7) is 0.234. The molecule has 0 aliphatic rings. The van der Waals surface area contributed by atoms with Gasteiger partial charge in [0.25, 0.3) is 0 Å². The third-order valence-corrected chi connectivity index (χ3v) is 3.06. The Bertz CT molecular complexity index is 578. The van der Waals surface area contributed by atoms with Crippen LogP contribution in [0.15, 0.2) is 48.5 Å². The van der Waals surface area contributed by atoms with Gasteiger partial charge >= 0.3 is 0 Å². The quantitative estimate of drug-likeness (QED) is 0.784. The molecule has 0 fully saturated rings. The van der Waals surface area contributed by atoms with Crippen molar-refractivity contribution >= 4 is 11.5 Å². The van der Waals surface area contributed by atoms with E-state index >= 15 is 0 Å². The van der Waals surface area contributed by atoms with Crippen LogP contribution in [0.2, 0.25) is 0 Å². The minimum absolute atomic E-state index is 0.000483. The Kier molecular flexibility index (Phi) is 4.35. The van der Waals surface area contributed by atoms with E-state index < -0.39 is 0 Å². The van der Waals surface area contributed by atoms with Gasteiger partial charge in [0.1, 0.15) is 11.6 Å². The van der Waals surface area contributed by atoms with Gasteiger partial charge in [-0.15, -0.1) is 0 Å². The van der Waals surface area contributed by atoms with Crippen molar-refractivity contribution in [2.45, 2.75) is 0 Å². The van der Waals surface area contributed by atoms with Crippen molar-refractivity contribution in [3.05, 3.63) is 59.9 Å². The summed E-state index contributed by atoms with van der Waals surface area (Å²) in [5.74, 6) is 0.427. The molecule has 2 aromatic rings. The van der Waals surface area contributed by atoms with Gasteiger partial charge < -0.3 is 9.64 Å². The van der Waals surface area contributed by atoms with E-state index in [4.69, 9.17) is 4.74 Å². The number of hydrogen-bond acceptors (Lipinski definition) is 3. The zero-order valence-electron chi connectivity index (χ0n) is 11.5. The van der Waals surface area contributed by atoms with Gasteiger partial charge in [0.05, 0.1) is 13.7 Å². The highest BCUT2D eigenvalue weighted by atomic mass is 19.1. The van der Waals surface area contributed by atoms with Crippen LogP contribution in [0.4, 0.5) is 10.1 Å². The van der Waals surface area contributed by atoms with E-state index in [2.05, 4.69) is 0 Å². The van der Waals surface area contributed by atoms with Crippen LogP contribution < -0.4 is 9.64 Å². The predicted molar refractivity (Wildman–Crippen MR) is 77.0 cm³/mol. The lowest BCUT2D eigenvalue weighted by molar-refractivity contribution is 0.100. The molecule has 2 rings (SSSR count). The molecule has 0 aromatic heterocycles. The van der Waals surface area contributed by atoms with Crippen LogP contribution in [-0.2, 0) is 0 Å². The zero-order chi connectivity index (χ0) is 14.5. The first-order valence-electron chi connectivity index (χ1n) is 6.24. The molecule has 0 radical (unpaired) electrons. The fourth-order valence-electron chi connectivity index (χ4n) is 1.87. The van der Waals surface area contributed by atoms with Crippen LogP contribution >= 0.6 is 0 Å². The van der Waals surface area contributed by atoms with Crippen LogP contribution in [0, 0.1) is 5.82 Å². The molecule has 0 unspecified atom stereocenters. The van der Waals surface area contributed by atoms with Gasteiger partial charge in [-0.2, -0.15) is 0 Å². The SMILES string of the molecule is COc1ccc(C(=O)CN(C)c2ccc(F)cc2)cc1. The second-order valence-corrected chi connectivity index (χ2v) is 4.48. The molecule has 0 amide bonds. The highest BCUT2D eigenvalue weighted by Crippen LogP contribution is 2.15. The number of methoxy groups -OCH3 is 1. The second-order valence-electron chi connectivity index (χ2n) is 4.48. The Morgan fingerprint density at radius 2 is 1.70 bits per heavy atom. The normalized spacial score (nSPS) is 10.2. The Balaban J connectivity index is 2.04. The lowest BCUT2D eigenvalue weighted by Crippen LogP contribution is -2.25. The molecule has 0 saturated heterocycles.